The fourth-order valence-electron chi connectivity index (χ4n) is 4.50. The van der Waals surface area contributed by atoms with Crippen LogP contribution in [0.25, 0.3) is 6.08 Å². The lowest BCUT2D eigenvalue weighted by atomic mass is 9.95. The number of ether oxygens (including phenoxy) is 2. The van der Waals surface area contributed by atoms with E-state index in [-0.39, 0.29) is 17.2 Å². The number of nitrogens with one attached hydrogen (secondary N) is 1. The highest BCUT2D eigenvalue weighted by Gasteiger charge is 2.32. The summed E-state index contributed by atoms with van der Waals surface area (Å²) in [5.41, 5.74) is 2.66. The Morgan fingerprint density at radius 1 is 1.13 bits per heavy atom. The number of amides is 1. The van der Waals surface area contributed by atoms with Gasteiger partial charge in [0.1, 0.15) is 5.75 Å². The first kappa shape index (κ1) is 26.0. The van der Waals surface area contributed by atoms with E-state index < -0.39 is 6.04 Å². The average molecular weight is 542 g/mol. The van der Waals surface area contributed by atoms with Crippen LogP contribution >= 0.6 is 11.3 Å². The largest absolute Gasteiger partial charge is 0.504 e. The van der Waals surface area contributed by atoms with Gasteiger partial charge in [0, 0.05) is 5.69 Å². The molecule has 0 radical (unpaired) electrons. The molecule has 1 aliphatic heterocycles. The van der Waals surface area contributed by atoms with Crippen molar-refractivity contribution in [2.24, 2.45) is 4.99 Å². The van der Waals surface area contributed by atoms with Crippen LogP contribution in [0, 0.1) is 0 Å². The summed E-state index contributed by atoms with van der Waals surface area (Å²) < 4.78 is 12.9. The van der Waals surface area contributed by atoms with Gasteiger partial charge >= 0.3 is 0 Å². The zero-order chi connectivity index (χ0) is 27.5. The number of anilines is 1. The third kappa shape index (κ3) is 5.21. The molecule has 8 nitrogen and oxygen atoms in total. The van der Waals surface area contributed by atoms with E-state index in [1.165, 1.54) is 17.4 Å². The second-order valence-electron chi connectivity index (χ2n) is 8.84. The van der Waals surface area contributed by atoms with E-state index >= 15 is 0 Å². The zero-order valence-electron chi connectivity index (χ0n) is 21.7. The van der Waals surface area contributed by atoms with Crippen LogP contribution in [0.4, 0.5) is 5.69 Å². The molecule has 1 atom stereocenters. The number of nitrogens with zero attached hydrogens (tertiary/aromatic N) is 2. The number of carbonyl (C=O) groups excluding carboxylic acids is 1. The van der Waals surface area contributed by atoms with Crippen LogP contribution in [0.1, 0.15) is 31.0 Å². The summed E-state index contributed by atoms with van der Waals surface area (Å²) in [5.74, 6) is 0.631. The predicted molar refractivity (Wildman–Crippen MR) is 151 cm³/mol. The van der Waals surface area contributed by atoms with E-state index in [2.05, 4.69) is 10.3 Å². The van der Waals surface area contributed by atoms with Crippen molar-refractivity contribution in [3.05, 3.63) is 115 Å². The van der Waals surface area contributed by atoms with E-state index in [4.69, 9.17) is 9.47 Å². The normalized spacial score (nSPS) is 14.9. The number of phenols is 1. The van der Waals surface area contributed by atoms with E-state index in [1.807, 2.05) is 49.4 Å². The Bertz CT molecular complexity index is 1760. The molecule has 5 rings (SSSR count). The van der Waals surface area contributed by atoms with Gasteiger partial charge in [-0.15, -0.1) is 0 Å². The van der Waals surface area contributed by atoms with Gasteiger partial charge in [0.2, 0.25) is 0 Å². The first-order valence-corrected chi connectivity index (χ1v) is 13.2. The molecule has 0 bridgehead atoms. The van der Waals surface area contributed by atoms with Crippen LogP contribution in [0.2, 0.25) is 0 Å². The van der Waals surface area contributed by atoms with Crippen LogP contribution in [0.3, 0.4) is 0 Å². The number of benzene rings is 3. The smallest absolute Gasteiger partial charge is 0.271 e. The summed E-state index contributed by atoms with van der Waals surface area (Å²) in [6.45, 7) is 4.00. The lowest BCUT2D eigenvalue weighted by molar-refractivity contribution is -0.113. The molecular weight excluding hydrogens is 514 g/mol. The Balaban J connectivity index is 1.67. The van der Waals surface area contributed by atoms with Crippen LogP contribution in [-0.4, -0.2) is 29.3 Å². The highest BCUT2D eigenvalue weighted by Crippen LogP contribution is 2.32. The number of carbonyl (C=O) groups is 1. The molecule has 9 heteroatoms. The van der Waals surface area contributed by atoms with Crippen molar-refractivity contribution in [3.63, 3.8) is 0 Å². The zero-order valence-corrected chi connectivity index (χ0v) is 22.5. The van der Waals surface area contributed by atoms with Gasteiger partial charge in [-0.3, -0.25) is 14.2 Å². The van der Waals surface area contributed by atoms with Gasteiger partial charge in [-0.2, -0.15) is 0 Å². The molecule has 198 valence electrons. The van der Waals surface area contributed by atoms with E-state index in [9.17, 15) is 14.7 Å². The maximum absolute atomic E-state index is 13.9. The molecule has 39 heavy (non-hydrogen) atoms. The van der Waals surface area contributed by atoms with Crippen molar-refractivity contribution < 1.29 is 19.4 Å². The molecule has 0 saturated carbocycles. The molecule has 0 unspecified atom stereocenters. The number of para-hydroxylation sites is 1. The van der Waals surface area contributed by atoms with Crippen LogP contribution in [-0.2, 0) is 4.79 Å². The fraction of sp³-hybridized carbons (Fsp3) is 0.167. The number of aromatic hydroxyl groups is 1. The number of methoxy groups -OCH3 is 1. The lowest BCUT2D eigenvalue weighted by Crippen LogP contribution is -2.40. The van der Waals surface area contributed by atoms with Crippen molar-refractivity contribution >= 4 is 29.0 Å². The van der Waals surface area contributed by atoms with E-state index in [0.29, 0.717) is 50.0 Å². The molecule has 0 aliphatic carbocycles. The fourth-order valence-corrected chi connectivity index (χ4v) is 5.55. The van der Waals surface area contributed by atoms with Crippen LogP contribution < -0.4 is 29.7 Å². The summed E-state index contributed by atoms with van der Waals surface area (Å²) in [6, 6.07) is 20.7. The molecule has 2 N–H and O–H groups in total. The Morgan fingerprint density at radius 3 is 2.67 bits per heavy atom. The van der Waals surface area contributed by atoms with Gasteiger partial charge in [0.25, 0.3) is 11.5 Å². The number of rotatable bonds is 7. The standard InChI is InChI=1S/C30H27N3O5S/c1-4-38-24-15-19(13-14-23(24)34)16-25-29(36)33-27(20-9-8-12-22(17-20)37-3)26(18(2)31-30(33)39-25)28(35)32-21-10-6-5-7-11-21/h5-17,27,34H,4H2,1-3H3,(H,32,35)/b25-16+/t27-/m0/s1. The van der Waals surface area contributed by atoms with E-state index in [1.54, 1.807) is 48.9 Å². The predicted octanol–water partition coefficient (Wildman–Crippen LogP) is 3.99. The summed E-state index contributed by atoms with van der Waals surface area (Å²) in [6.07, 6.45) is 1.73. The molecule has 1 amide bonds. The number of thiazole rings is 1. The number of hydrogen-bond donors (Lipinski definition) is 2. The Kier molecular flexibility index (Phi) is 7.33. The molecule has 0 saturated heterocycles. The topological polar surface area (TPSA) is 102 Å². The Hall–Kier alpha value is -4.63. The molecule has 0 fully saturated rings. The van der Waals surface area contributed by atoms with Crippen molar-refractivity contribution in [1.29, 1.82) is 0 Å². The van der Waals surface area contributed by atoms with Gasteiger partial charge < -0.3 is 19.9 Å². The minimum Gasteiger partial charge on any atom is -0.504 e. The number of aromatic nitrogens is 1. The maximum atomic E-state index is 13.9. The monoisotopic (exact) mass is 541 g/mol. The molecule has 4 aromatic rings. The van der Waals surface area contributed by atoms with Gasteiger partial charge in [-0.05, 0) is 67.4 Å². The summed E-state index contributed by atoms with van der Waals surface area (Å²) >= 11 is 1.24. The van der Waals surface area contributed by atoms with Gasteiger partial charge in [0.05, 0.1) is 35.6 Å². The highest BCUT2D eigenvalue weighted by molar-refractivity contribution is 7.07. The van der Waals surface area contributed by atoms with Gasteiger partial charge in [-0.25, -0.2) is 4.99 Å². The van der Waals surface area contributed by atoms with Crippen molar-refractivity contribution in [3.8, 4) is 17.2 Å². The molecule has 1 aliphatic rings. The van der Waals surface area contributed by atoms with Crippen molar-refractivity contribution in [2.45, 2.75) is 19.9 Å². The second kappa shape index (κ2) is 11.0. The molecular formula is C30H27N3O5S. The number of fused-ring (bicyclic) bond motifs is 1. The molecule has 0 spiro atoms. The first-order valence-electron chi connectivity index (χ1n) is 12.4. The minimum atomic E-state index is -0.721. The summed E-state index contributed by atoms with van der Waals surface area (Å²) in [5, 5.41) is 13.0. The summed E-state index contributed by atoms with van der Waals surface area (Å²) in [4.78, 5) is 32.7. The van der Waals surface area contributed by atoms with Crippen LogP contribution in [0.5, 0.6) is 17.2 Å². The molecule has 1 aromatic heterocycles. The number of allylic oxidation sites excluding steroid dienone is 1. The Morgan fingerprint density at radius 2 is 1.92 bits per heavy atom. The SMILES string of the molecule is CCOc1cc(/C=c2/sc3n(c2=O)[C@@H](c2cccc(OC)c2)C(C(=O)Nc2ccccc2)=C(C)N=3)ccc1O. The quantitative estimate of drug-likeness (QED) is 0.369. The minimum absolute atomic E-state index is 0.0261. The lowest BCUT2D eigenvalue weighted by Gasteiger charge is -2.25. The second-order valence-corrected chi connectivity index (χ2v) is 9.85. The number of phenolic OH excluding ortho intramolecular Hbond substituents is 1. The van der Waals surface area contributed by atoms with Gasteiger partial charge in [0.15, 0.2) is 16.3 Å². The summed E-state index contributed by atoms with van der Waals surface area (Å²) in [7, 11) is 1.57. The number of hydrogen-bond acceptors (Lipinski definition) is 7. The van der Waals surface area contributed by atoms with E-state index in [0.717, 1.165) is 5.56 Å². The highest BCUT2D eigenvalue weighted by atomic mass is 32.1. The third-order valence-corrected chi connectivity index (χ3v) is 7.27. The first-order chi connectivity index (χ1) is 18.9. The average Bonchev–Trinajstić information content (AvgIpc) is 3.24. The van der Waals surface area contributed by atoms with Crippen molar-refractivity contribution in [1.82, 2.24) is 4.57 Å². The Labute approximate surface area is 228 Å². The van der Waals surface area contributed by atoms with Crippen molar-refractivity contribution in [2.75, 3.05) is 19.0 Å². The van der Waals surface area contributed by atoms with Gasteiger partial charge in [-0.1, -0.05) is 47.7 Å². The molecule has 2 heterocycles. The van der Waals surface area contributed by atoms with Crippen LogP contribution in [0.15, 0.2) is 93.9 Å². The maximum Gasteiger partial charge on any atom is 0.271 e. The molecule has 3 aromatic carbocycles. The third-order valence-electron chi connectivity index (χ3n) is 6.29.